The maximum Gasteiger partial charge on any atom is 0.306 e. The highest BCUT2D eigenvalue weighted by molar-refractivity contribution is 7.86. The number of carbonyl (C=O) groups excluding carboxylic acids is 1. The summed E-state index contributed by atoms with van der Waals surface area (Å²) in [5, 5.41) is 0. The van der Waals surface area contributed by atoms with Crippen molar-refractivity contribution >= 4 is 16.0 Å². The van der Waals surface area contributed by atoms with Crippen molar-refractivity contribution in [3.8, 4) is 5.75 Å². The maximum atomic E-state index is 12.4. The lowest BCUT2D eigenvalue weighted by Crippen LogP contribution is -2.40. The topological polar surface area (TPSA) is 63.7 Å². The van der Waals surface area contributed by atoms with Gasteiger partial charge in [0.2, 0.25) is 5.91 Å². The number of benzene rings is 1. The average Bonchev–Trinajstić information content (AvgIpc) is 2.43. The smallest absolute Gasteiger partial charge is 0.306 e. The Morgan fingerprint density at radius 2 is 1.82 bits per heavy atom. The molecule has 1 rings (SSSR count). The fourth-order valence-electron chi connectivity index (χ4n) is 2.07. The molecule has 0 heterocycles. The van der Waals surface area contributed by atoms with Gasteiger partial charge in [0.15, 0.2) is 0 Å². The Balaban J connectivity index is 3.11. The fraction of sp³-hybridized carbons (Fsp3) is 0.562. The Morgan fingerprint density at radius 1 is 1.23 bits per heavy atom. The minimum Gasteiger partial charge on any atom is -0.382 e. The van der Waals surface area contributed by atoms with Gasteiger partial charge in [0.1, 0.15) is 5.75 Å². The predicted octanol–water partition coefficient (Wildman–Crippen LogP) is 2.81. The molecule has 1 aromatic rings. The molecule has 0 bridgehead atoms. The second-order valence-corrected chi connectivity index (χ2v) is 7.35. The van der Waals surface area contributed by atoms with Crippen molar-refractivity contribution in [2.45, 2.75) is 46.7 Å². The summed E-state index contributed by atoms with van der Waals surface area (Å²) in [6, 6.07) is 6.97. The second-order valence-electron chi connectivity index (χ2n) is 5.77. The standard InChI is InChI=1S/C16H25NO4S/c1-6-13(4)17(16(18)12(2)3)11-14-9-7-8-10-15(14)21-22(5,19)20/h7-10,12-13H,6,11H2,1-5H3. The third-order valence-corrected chi connectivity index (χ3v) is 3.94. The molecular formula is C16H25NO4S. The van der Waals surface area contributed by atoms with Crippen LogP contribution >= 0.6 is 0 Å². The maximum absolute atomic E-state index is 12.4. The van der Waals surface area contributed by atoms with E-state index in [1.165, 1.54) is 0 Å². The third kappa shape index (κ3) is 5.33. The molecule has 6 heteroatoms. The van der Waals surface area contributed by atoms with E-state index in [-0.39, 0.29) is 23.6 Å². The summed E-state index contributed by atoms with van der Waals surface area (Å²) in [6.07, 6.45) is 1.84. The van der Waals surface area contributed by atoms with Crippen LogP contribution in [0.25, 0.3) is 0 Å². The summed E-state index contributed by atoms with van der Waals surface area (Å²) < 4.78 is 27.8. The highest BCUT2D eigenvalue weighted by Crippen LogP contribution is 2.23. The van der Waals surface area contributed by atoms with Gasteiger partial charge >= 0.3 is 10.1 Å². The van der Waals surface area contributed by atoms with Crippen molar-refractivity contribution in [2.75, 3.05) is 6.26 Å². The minimum atomic E-state index is -3.60. The SMILES string of the molecule is CCC(C)N(Cc1ccccc1OS(C)(=O)=O)C(=O)C(C)C. The van der Waals surface area contributed by atoms with Gasteiger partial charge < -0.3 is 9.08 Å². The van der Waals surface area contributed by atoms with Gasteiger partial charge in [0.25, 0.3) is 0 Å². The van der Waals surface area contributed by atoms with E-state index in [0.29, 0.717) is 12.1 Å². The van der Waals surface area contributed by atoms with Crippen molar-refractivity contribution in [3.05, 3.63) is 29.8 Å². The zero-order valence-corrected chi connectivity index (χ0v) is 14.7. The van der Waals surface area contributed by atoms with E-state index in [1.54, 1.807) is 29.2 Å². The molecule has 0 saturated carbocycles. The van der Waals surface area contributed by atoms with E-state index < -0.39 is 10.1 Å². The summed E-state index contributed by atoms with van der Waals surface area (Å²) in [6.45, 7) is 8.05. The third-order valence-electron chi connectivity index (χ3n) is 3.45. The van der Waals surface area contributed by atoms with Crippen LogP contribution in [-0.4, -0.2) is 31.5 Å². The van der Waals surface area contributed by atoms with Crippen molar-refractivity contribution in [1.82, 2.24) is 4.90 Å². The second kappa shape index (κ2) is 7.63. The molecule has 1 atom stereocenters. The molecule has 0 spiro atoms. The van der Waals surface area contributed by atoms with Gasteiger partial charge in [0.05, 0.1) is 6.26 Å². The van der Waals surface area contributed by atoms with Gasteiger partial charge in [0, 0.05) is 24.1 Å². The van der Waals surface area contributed by atoms with E-state index in [2.05, 4.69) is 0 Å². The van der Waals surface area contributed by atoms with Crippen molar-refractivity contribution in [2.24, 2.45) is 5.92 Å². The molecular weight excluding hydrogens is 302 g/mol. The van der Waals surface area contributed by atoms with Crippen LogP contribution in [0.5, 0.6) is 5.75 Å². The largest absolute Gasteiger partial charge is 0.382 e. The monoisotopic (exact) mass is 327 g/mol. The average molecular weight is 327 g/mol. The van der Waals surface area contributed by atoms with Crippen LogP contribution in [0.2, 0.25) is 0 Å². The van der Waals surface area contributed by atoms with Gasteiger partial charge in [-0.25, -0.2) is 0 Å². The zero-order chi connectivity index (χ0) is 16.9. The first-order chi connectivity index (χ1) is 10.2. The minimum absolute atomic E-state index is 0.0449. The van der Waals surface area contributed by atoms with Crippen molar-refractivity contribution in [3.63, 3.8) is 0 Å². The number of carbonyl (C=O) groups is 1. The van der Waals surface area contributed by atoms with E-state index in [9.17, 15) is 13.2 Å². The summed E-state index contributed by atoms with van der Waals surface area (Å²) >= 11 is 0. The Hall–Kier alpha value is -1.56. The molecule has 0 aliphatic rings. The zero-order valence-electron chi connectivity index (χ0n) is 13.9. The van der Waals surface area contributed by atoms with Crippen LogP contribution < -0.4 is 4.18 Å². The lowest BCUT2D eigenvalue weighted by molar-refractivity contribution is -0.137. The Bertz CT molecular complexity index is 610. The van der Waals surface area contributed by atoms with Crippen LogP contribution in [0.15, 0.2) is 24.3 Å². The molecule has 0 aliphatic heterocycles. The normalized spacial score (nSPS) is 13.0. The van der Waals surface area contributed by atoms with Crippen LogP contribution in [0, 0.1) is 5.92 Å². The summed E-state index contributed by atoms with van der Waals surface area (Å²) in [7, 11) is -3.60. The molecule has 22 heavy (non-hydrogen) atoms. The van der Waals surface area contributed by atoms with Crippen molar-refractivity contribution in [1.29, 1.82) is 0 Å². The van der Waals surface area contributed by atoms with E-state index in [1.807, 2.05) is 27.7 Å². The van der Waals surface area contributed by atoms with Crippen LogP contribution in [0.1, 0.15) is 39.7 Å². The highest BCUT2D eigenvalue weighted by Gasteiger charge is 2.23. The molecule has 0 fully saturated rings. The molecule has 1 amide bonds. The lowest BCUT2D eigenvalue weighted by Gasteiger charge is -2.30. The number of rotatable bonds is 7. The summed E-state index contributed by atoms with van der Waals surface area (Å²) in [4.78, 5) is 14.2. The molecule has 0 aromatic heterocycles. The quantitative estimate of drug-likeness (QED) is 0.722. The molecule has 0 radical (unpaired) electrons. The highest BCUT2D eigenvalue weighted by atomic mass is 32.2. The predicted molar refractivity (Wildman–Crippen MR) is 87.1 cm³/mol. The van der Waals surface area contributed by atoms with Gasteiger partial charge in [-0.1, -0.05) is 39.0 Å². The lowest BCUT2D eigenvalue weighted by atomic mass is 10.1. The molecule has 0 N–H and O–H groups in total. The molecule has 124 valence electrons. The molecule has 1 aromatic carbocycles. The Morgan fingerprint density at radius 3 is 2.32 bits per heavy atom. The summed E-state index contributed by atoms with van der Waals surface area (Å²) in [5.41, 5.74) is 0.683. The van der Waals surface area contributed by atoms with Crippen LogP contribution in [0.4, 0.5) is 0 Å². The Labute approximate surface area is 133 Å². The number of para-hydroxylation sites is 1. The first kappa shape index (κ1) is 18.5. The summed E-state index contributed by atoms with van der Waals surface area (Å²) in [5.74, 6) is 0.204. The first-order valence-electron chi connectivity index (χ1n) is 7.43. The van der Waals surface area contributed by atoms with Crippen LogP contribution in [0.3, 0.4) is 0 Å². The molecule has 1 unspecified atom stereocenters. The van der Waals surface area contributed by atoms with Gasteiger partial charge in [-0.2, -0.15) is 8.42 Å². The van der Waals surface area contributed by atoms with Gasteiger partial charge in [-0.3, -0.25) is 4.79 Å². The van der Waals surface area contributed by atoms with E-state index in [4.69, 9.17) is 4.18 Å². The van der Waals surface area contributed by atoms with E-state index in [0.717, 1.165) is 12.7 Å². The Kier molecular flexibility index (Phi) is 6.41. The van der Waals surface area contributed by atoms with Gasteiger partial charge in [-0.05, 0) is 19.4 Å². The molecule has 0 aliphatic carbocycles. The number of hydrogen-bond donors (Lipinski definition) is 0. The van der Waals surface area contributed by atoms with E-state index >= 15 is 0 Å². The molecule has 0 saturated heterocycles. The molecule has 5 nitrogen and oxygen atoms in total. The van der Waals surface area contributed by atoms with Crippen LogP contribution in [-0.2, 0) is 21.5 Å². The van der Waals surface area contributed by atoms with Gasteiger partial charge in [-0.15, -0.1) is 0 Å². The fourth-order valence-corrected chi connectivity index (χ4v) is 2.55. The van der Waals surface area contributed by atoms with Crippen molar-refractivity contribution < 1.29 is 17.4 Å². The first-order valence-corrected chi connectivity index (χ1v) is 9.25. The number of hydrogen-bond acceptors (Lipinski definition) is 4. The number of nitrogens with zero attached hydrogens (tertiary/aromatic N) is 1. The number of amides is 1.